The number of allylic oxidation sites excluding steroid dienone is 4. The van der Waals surface area contributed by atoms with E-state index in [-0.39, 0.29) is 0 Å². The lowest BCUT2D eigenvalue weighted by Crippen LogP contribution is -2.28. The molecule has 0 spiro atoms. The number of hydrogen-bond donors (Lipinski definition) is 0. The molecule has 0 N–H and O–H groups in total. The molecule has 1 rings (SSSR count). The highest BCUT2D eigenvalue weighted by Crippen LogP contribution is 2.28. The summed E-state index contributed by atoms with van der Waals surface area (Å²) in [5.41, 5.74) is 3.21. The summed E-state index contributed by atoms with van der Waals surface area (Å²) in [7, 11) is 2.23. The fourth-order valence-corrected chi connectivity index (χ4v) is 2.37. The Morgan fingerprint density at radius 3 is 2.41 bits per heavy atom. The van der Waals surface area contributed by atoms with Crippen LogP contribution in [0.1, 0.15) is 53.4 Å². The molecule has 0 saturated heterocycles. The zero-order valence-electron chi connectivity index (χ0n) is 12.3. The molecule has 98 valence electrons. The van der Waals surface area contributed by atoms with E-state index in [0.29, 0.717) is 6.04 Å². The van der Waals surface area contributed by atoms with Crippen molar-refractivity contribution in [3.63, 3.8) is 0 Å². The van der Waals surface area contributed by atoms with Crippen LogP contribution in [0.4, 0.5) is 0 Å². The summed E-state index contributed by atoms with van der Waals surface area (Å²) in [6.07, 6.45) is 9.83. The summed E-state index contributed by atoms with van der Waals surface area (Å²) < 4.78 is 0. The largest absolute Gasteiger partial charge is 0.304 e. The summed E-state index contributed by atoms with van der Waals surface area (Å²) in [6.45, 7) is 10.3. The van der Waals surface area contributed by atoms with Gasteiger partial charge in [-0.15, -0.1) is 0 Å². The van der Waals surface area contributed by atoms with Crippen LogP contribution in [0.5, 0.6) is 0 Å². The van der Waals surface area contributed by atoms with Crippen molar-refractivity contribution in [2.45, 2.75) is 59.4 Å². The van der Waals surface area contributed by atoms with Crippen molar-refractivity contribution in [3.8, 4) is 0 Å². The Kier molecular flexibility index (Phi) is 5.97. The van der Waals surface area contributed by atoms with Gasteiger partial charge in [0.25, 0.3) is 0 Å². The van der Waals surface area contributed by atoms with Gasteiger partial charge in [0.05, 0.1) is 0 Å². The highest BCUT2D eigenvalue weighted by atomic mass is 15.1. The van der Waals surface area contributed by atoms with Gasteiger partial charge in [0.15, 0.2) is 0 Å². The third kappa shape index (κ3) is 4.67. The molecule has 0 aromatic rings. The lowest BCUT2D eigenvalue weighted by molar-refractivity contribution is 0.255. The molecule has 0 amide bonds. The zero-order chi connectivity index (χ0) is 12.8. The van der Waals surface area contributed by atoms with Gasteiger partial charge in [-0.3, -0.25) is 0 Å². The first-order chi connectivity index (χ1) is 8.04. The van der Waals surface area contributed by atoms with E-state index in [1.165, 1.54) is 37.8 Å². The second-order valence-corrected chi connectivity index (χ2v) is 5.72. The average molecular weight is 235 g/mol. The van der Waals surface area contributed by atoms with Gasteiger partial charge in [0.1, 0.15) is 0 Å². The molecule has 1 unspecified atom stereocenters. The molecule has 0 bridgehead atoms. The second-order valence-electron chi connectivity index (χ2n) is 5.72. The molecule has 0 heterocycles. The molecule has 1 atom stereocenters. The number of hydrogen-bond acceptors (Lipinski definition) is 1. The van der Waals surface area contributed by atoms with E-state index >= 15 is 0 Å². The Labute approximate surface area is 108 Å². The van der Waals surface area contributed by atoms with Crippen LogP contribution in [0.3, 0.4) is 0 Å². The Bertz CT molecular complexity index is 286. The standard InChI is InChI=1S/C16H29N/c1-6-15(11-12-17(5)13(2)3)16-9-7-14(4)8-10-16/h7,9,13,15H,6,8,10-12H2,1-5H3. The fourth-order valence-electron chi connectivity index (χ4n) is 2.37. The minimum atomic E-state index is 0.662. The fraction of sp³-hybridized carbons (Fsp3) is 0.750. The minimum Gasteiger partial charge on any atom is -0.304 e. The SMILES string of the molecule is CCC(CCN(C)C(C)C)C1=CC=C(C)CC1. The van der Waals surface area contributed by atoms with Crippen molar-refractivity contribution in [3.05, 3.63) is 23.3 Å². The normalized spacial score (nSPS) is 18.3. The van der Waals surface area contributed by atoms with E-state index in [1.807, 2.05) is 0 Å². The monoisotopic (exact) mass is 235 g/mol. The molecule has 0 fully saturated rings. The van der Waals surface area contributed by atoms with Crippen molar-refractivity contribution < 1.29 is 0 Å². The van der Waals surface area contributed by atoms with Crippen LogP contribution in [0.2, 0.25) is 0 Å². The summed E-state index contributed by atoms with van der Waals surface area (Å²) in [5.74, 6) is 0.792. The average Bonchev–Trinajstić information content (AvgIpc) is 2.31. The lowest BCUT2D eigenvalue weighted by Gasteiger charge is -2.26. The summed E-state index contributed by atoms with van der Waals surface area (Å²) in [4.78, 5) is 2.45. The van der Waals surface area contributed by atoms with E-state index in [4.69, 9.17) is 0 Å². The first kappa shape index (κ1) is 14.5. The van der Waals surface area contributed by atoms with Gasteiger partial charge in [0, 0.05) is 6.04 Å². The van der Waals surface area contributed by atoms with Crippen LogP contribution in [0, 0.1) is 5.92 Å². The molecule has 1 aliphatic carbocycles. The van der Waals surface area contributed by atoms with Crippen LogP contribution in [0.15, 0.2) is 23.3 Å². The van der Waals surface area contributed by atoms with Gasteiger partial charge in [-0.1, -0.05) is 30.2 Å². The van der Waals surface area contributed by atoms with Crippen LogP contribution >= 0.6 is 0 Å². The van der Waals surface area contributed by atoms with Gasteiger partial charge in [-0.2, -0.15) is 0 Å². The van der Waals surface area contributed by atoms with E-state index in [2.05, 4.69) is 51.8 Å². The maximum absolute atomic E-state index is 2.45. The van der Waals surface area contributed by atoms with Gasteiger partial charge in [0.2, 0.25) is 0 Å². The molecule has 0 radical (unpaired) electrons. The molecular formula is C16H29N. The van der Waals surface area contributed by atoms with Crippen LogP contribution in [-0.4, -0.2) is 24.5 Å². The Hall–Kier alpha value is -0.560. The van der Waals surface area contributed by atoms with Crippen LogP contribution < -0.4 is 0 Å². The van der Waals surface area contributed by atoms with Crippen molar-refractivity contribution in [2.24, 2.45) is 5.92 Å². The minimum absolute atomic E-state index is 0.662. The van der Waals surface area contributed by atoms with Crippen molar-refractivity contribution in [1.29, 1.82) is 0 Å². The Morgan fingerprint density at radius 1 is 1.24 bits per heavy atom. The molecule has 17 heavy (non-hydrogen) atoms. The highest BCUT2D eigenvalue weighted by molar-refractivity contribution is 5.24. The predicted octanol–water partition coefficient (Wildman–Crippen LogP) is 4.41. The molecule has 1 aliphatic rings. The third-order valence-electron chi connectivity index (χ3n) is 4.12. The van der Waals surface area contributed by atoms with Crippen LogP contribution in [0.25, 0.3) is 0 Å². The van der Waals surface area contributed by atoms with E-state index < -0.39 is 0 Å². The van der Waals surface area contributed by atoms with Gasteiger partial charge in [-0.05, 0) is 66.0 Å². The molecular weight excluding hydrogens is 206 g/mol. The molecule has 1 nitrogen and oxygen atoms in total. The van der Waals surface area contributed by atoms with Crippen molar-refractivity contribution >= 4 is 0 Å². The second kappa shape index (κ2) is 7.00. The smallest absolute Gasteiger partial charge is 0.00355 e. The maximum Gasteiger partial charge on any atom is 0.00355 e. The molecule has 1 heteroatoms. The van der Waals surface area contributed by atoms with E-state index in [9.17, 15) is 0 Å². The summed E-state index contributed by atoms with van der Waals surface area (Å²) in [5, 5.41) is 0. The highest BCUT2D eigenvalue weighted by Gasteiger charge is 2.15. The predicted molar refractivity (Wildman–Crippen MR) is 77.2 cm³/mol. The van der Waals surface area contributed by atoms with Crippen LogP contribution in [-0.2, 0) is 0 Å². The Balaban J connectivity index is 2.49. The first-order valence-electron chi connectivity index (χ1n) is 7.11. The van der Waals surface area contributed by atoms with Gasteiger partial charge in [-0.25, -0.2) is 0 Å². The number of rotatable bonds is 6. The lowest BCUT2D eigenvalue weighted by atomic mass is 9.86. The summed E-state index contributed by atoms with van der Waals surface area (Å²) >= 11 is 0. The van der Waals surface area contributed by atoms with E-state index in [1.54, 1.807) is 5.57 Å². The molecule has 0 aromatic heterocycles. The Morgan fingerprint density at radius 2 is 1.94 bits per heavy atom. The number of nitrogens with zero attached hydrogens (tertiary/aromatic N) is 1. The third-order valence-corrected chi connectivity index (χ3v) is 4.12. The zero-order valence-corrected chi connectivity index (χ0v) is 12.3. The molecule has 0 saturated carbocycles. The maximum atomic E-state index is 2.45. The van der Waals surface area contributed by atoms with Gasteiger partial charge >= 0.3 is 0 Å². The first-order valence-corrected chi connectivity index (χ1v) is 7.11. The van der Waals surface area contributed by atoms with Gasteiger partial charge < -0.3 is 4.90 Å². The van der Waals surface area contributed by atoms with E-state index in [0.717, 1.165) is 5.92 Å². The summed E-state index contributed by atoms with van der Waals surface area (Å²) in [6, 6.07) is 0.662. The molecule has 0 aliphatic heterocycles. The topological polar surface area (TPSA) is 3.24 Å². The van der Waals surface area contributed by atoms with Crippen molar-refractivity contribution in [1.82, 2.24) is 4.90 Å². The quantitative estimate of drug-likeness (QED) is 0.659. The molecule has 0 aromatic carbocycles. The van der Waals surface area contributed by atoms with Crippen molar-refractivity contribution in [2.75, 3.05) is 13.6 Å².